The van der Waals surface area contributed by atoms with E-state index in [1.165, 1.54) is 56.4 Å². The Bertz CT molecular complexity index is 996. The Morgan fingerprint density at radius 3 is 2.20 bits per heavy atom. The normalized spacial score (nSPS) is 12.2. The number of unbranched alkanes of at least 4 members (excludes halogenated alkanes) is 5. The Morgan fingerprint density at radius 1 is 0.914 bits per heavy atom. The Balaban J connectivity index is 1.88. The van der Waals surface area contributed by atoms with E-state index in [0.717, 1.165) is 25.1 Å². The minimum Gasteiger partial charge on any atom is -0.321 e. The van der Waals surface area contributed by atoms with Crippen molar-refractivity contribution in [2.75, 3.05) is 32.5 Å². The number of carbonyl (C=O) groups is 2. The molecule has 0 saturated carbocycles. The van der Waals surface area contributed by atoms with E-state index in [4.69, 9.17) is 0 Å². The molecule has 4 nitrogen and oxygen atoms in total. The minimum atomic E-state index is -4.49. The van der Waals surface area contributed by atoms with Crippen LogP contribution in [0.3, 0.4) is 0 Å². The fourth-order valence-corrected chi connectivity index (χ4v) is 3.87. The first-order chi connectivity index (χ1) is 16.5. The van der Waals surface area contributed by atoms with Gasteiger partial charge in [-0.3, -0.25) is 9.59 Å². The Morgan fingerprint density at radius 2 is 1.54 bits per heavy atom. The molecule has 0 saturated heterocycles. The maximum Gasteiger partial charge on any atom is 0.416 e. The number of halogens is 3. The second-order valence-electron chi connectivity index (χ2n) is 9.49. The molecule has 1 N–H and O–H groups in total. The molecule has 0 aliphatic carbocycles. The molecular weight excluding hydrogens is 453 g/mol. The van der Waals surface area contributed by atoms with Crippen LogP contribution in [0.4, 0.5) is 18.9 Å². The molecule has 2 aromatic carbocycles. The van der Waals surface area contributed by atoms with Crippen molar-refractivity contribution in [3.05, 3.63) is 71.3 Å². The lowest BCUT2D eigenvalue weighted by Gasteiger charge is -2.29. The molecule has 0 aliphatic rings. The molecule has 1 amide bonds. The van der Waals surface area contributed by atoms with E-state index < -0.39 is 17.5 Å². The molecule has 2 rings (SSSR count). The molecule has 2 aromatic rings. The number of benzene rings is 2. The number of likely N-dealkylation sites (N-methyl/N-ethyl adjacent to an activating group) is 1. The van der Waals surface area contributed by atoms with Gasteiger partial charge in [-0.25, -0.2) is 0 Å². The number of quaternary nitrogens is 1. The van der Waals surface area contributed by atoms with Crippen LogP contribution in [0, 0.1) is 0 Å². The highest BCUT2D eigenvalue weighted by Crippen LogP contribution is 2.32. The van der Waals surface area contributed by atoms with Crippen molar-refractivity contribution in [1.29, 1.82) is 0 Å². The summed E-state index contributed by atoms with van der Waals surface area (Å²) >= 11 is 0. The van der Waals surface area contributed by atoms with Crippen LogP contribution in [-0.4, -0.2) is 43.4 Å². The molecular formula is C28H36F3N2O2+. The zero-order chi connectivity index (χ0) is 25.9. The summed E-state index contributed by atoms with van der Waals surface area (Å²) in [7, 11) is 4.08. The lowest BCUT2D eigenvalue weighted by atomic mass is 10.0. The van der Waals surface area contributed by atoms with Crippen LogP contribution in [-0.2, 0) is 11.0 Å². The maximum atomic E-state index is 13.1. The first-order valence-corrected chi connectivity index (χ1v) is 12.1. The number of ketones is 1. The lowest BCUT2D eigenvalue weighted by molar-refractivity contribution is -0.882. The van der Waals surface area contributed by atoms with E-state index in [9.17, 15) is 22.8 Å². The predicted molar refractivity (Wildman–Crippen MR) is 135 cm³/mol. The van der Waals surface area contributed by atoms with Gasteiger partial charge < -0.3 is 9.80 Å². The third kappa shape index (κ3) is 10.1. The molecule has 0 unspecified atom stereocenters. The number of allylic oxidation sites excluding steroid dienone is 1. The third-order valence-electron chi connectivity index (χ3n) is 5.82. The van der Waals surface area contributed by atoms with E-state index in [2.05, 4.69) is 12.2 Å². The summed E-state index contributed by atoms with van der Waals surface area (Å²) in [5.74, 6) is -0.527. The Kier molecular flexibility index (Phi) is 10.7. The molecule has 0 aliphatic heterocycles. The molecule has 35 heavy (non-hydrogen) atoms. The number of alkyl halides is 3. The van der Waals surface area contributed by atoms with Crippen LogP contribution in [0.2, 0.25) is 0 Å². The quantitative estimate of drug-likeness (QED) is 0.143. The SMILES string of the molecule is CCCCCCCC[N+](C)(C)CC(=O)Nc1ccc(C(=O)/C=C/c2ccccc2C(F)(F)F)cc1. The number of hydrogen-bond acceptors (Lipinski definition) is 2. The van der Waals surface area contributed by atoms with E-state index in [1.807, 2.05) is 14.1 Å². The summed E-state index contributed by atoms with van der Waals surface area (Å²) in [4.78, 5) is 24.9. The number of hydrogen-bond donors (Lipinski definition) is 1. The van der Waals surface area contributed by atoms with Crippen LogP contribution < -0.4 is 5.32 Å². The summed E-state index contributed by atoms with van der Waals surface area (Å²) in [5, 5.41) is 2.86. The van der Waals surface area contributed by atoms with E-state index >= 15 is 0 Å². The minimum absolute atomic E-state index is 0.0704. The van der Waals surface area contributed by atoms with Crippen molar-refractivity contribution in [3.63, 3.8) is 0 Å². The van der Waals surface area contributed by atoms with Crippen molar-refractivity contribution < 1.29 is 27.2 Å². The first kappa shape index (κ1) is 28.3. The van der Waals surface area contributed by atoms with Gasteiger partial charge in [-0.2, -0.15) is 13.2 Å². The van der Waals surface area contributed by atoms with Gasteiger partial charge >= 0.3 is 6.18 Å². The van der Waals surface area contributed by atoms with Gasteiger partial charge in [-0.1, -0.05) is 56.9 Å². The summed E-state index contributed by atoms with van der Waals surface area (Å²) in [6, 6.07) is 11.4. The molecule has 7 heteroatoms. The van der Waals surface area contributed by atoms with Crippen LogP contribution in [0.1, 0.15) is 66.9 Å². The summed E-state index contributed by atoms with van der Waals surface area (Å²) in [5.41, 5.74) is 0.0271. The lowest BCUT2D eigenvalue weighted by Crippen LogP contribution is -2.46. The van der Waals surface area contributed by atoms with Gasteiger partial charge in [0.15, 0.2) is 12.3 Å². The molecule has 0 radical (unpaired) electrons. The number of nitrogens with one attached hydrogen (secondary N) is 1. The number of nitrogens with zero attached hydrogens (tertiary/aromatic N) is 1. The fourth-order valence-electron chi connectivity index (χ4n) is 3.87. The number of carbonyl (C=O) groups excluding carboxylic acids is 2. The molecule has 0 heterocycles. The summed E-state index contributed by atoms with van der Waals surface area (Å²) in [6.45, 7) is 3.47. The standard InChI is InChI=1S/C28H35F3N2O2/c1-4-5-6-7-8-11-20-33(2,3)21-27(35)32-24-17-14-23(15-18-24)26(34)19-16-22-12-9-10-13-25(22)28(29,30)31/h9-10,12-19H,4-8,11,20-21H2,1-3H3/p+1/b19-16+. The summed E-state index contributed by atoms with van der Waals surface area (Å²) in [6.07, 6.45) is 5.06. The smallest absolute Gasteiger partial charge is 0.321 e. The van der Waals surface area contributed by atoms with Crippen molar-refractivity contribution in [2.45, 2.75) is 51.6 Å². The monoisotopic (exact) mass is 489 g/mol. The number of rotatable bonds is 13. The van der Waals surface area contributed by atoms with Crippen LogP contribution >= 0.6 is 0 Å². The Labute approximate surface area is 206 Å². The van der Waals surface area contributed by atoms with Gasteiger partial charge in [0, 0.05) is 11.3 Å². The highest BCUT2D eigenvalue weighted by Gasteiger charge is 2.32. The van der Waals surface area contributed by atoms with Gasteiger partial charge in [0.05, 0.1) is 26.2 Å². The van der Waals surface area contributed by atoms with Gasteiger partial charge in [-0.15, -0.1) is 0 Å². The highest BCUT2D eigenvalue weighted by atomic mass is 19.4. The molecule has 0 fully saturated rings. The van der Waals surface area contributed by atoms with Crippen molar-refractivity contribution >= 4 is 23.5 Å². The number of anilines is 1. The second kappa shape index (κ2) is 13.2. The van der Waals surface area contributed by atoms with Crippen LogP contribution in [0.15, 0.2) is 54.6 Å². The van der Waals surface area contributed by atoms with Gasteiger partial charge in [0.1, 0.15) is 0 Å². The van der Waals surface area contributed by atoms with Crippen molar-refractivity contribution in [3.8, 4) is 0 Å². The maximum absolute atomic E-state index is 13.1. The largest absolute Gasteiger partial charge is 0.416 e. The topological polar surface area (TPSA) is 46.2 Å². The zero-order valence-corrected chi connectivity index (χ0v) is 20.8. The molecule has 0 atom stereocenters. The van der Waals surface area contributed by atoms with Crippen LogP contribution in [0.5, 0.6) is 0 Å². The van der Waals surface area contributed by atoms with E-state index in [0.29, 0.717) is 22.3 Å². The van der Waals surface area contributed by atoms with Gasteiger partial charge in [0.2, 0.25) is 0 Å². The molecule has 0 bridgehead atoms. The highest BCUT2D eigenvalue weighted by molar-refractivity contribution is 6.07. The Hall–Kier alpha value is -2.93. The van der Waals surface area contributed by atoms with Crippen LogP contribution in [0.25, 0.3) is 6.08 Å². The van der Waals surface area contributed by atoms with Gasteiger partial charge in [0.25, 0.3) is 5.91 Å². The van der Waals surface area contributed by atoms with Crippen molar-refractivity contribution in [2.24, 2.45) is 0 Å². The zero-order valence-electron chi connectivity index (χ0n) is 20.8. The molecule has 190 valence electrons. The fraction of sp³-hybridized carbons (Fsp3) is 0.429. The first-order valence-electron chi connectivity index (χ1n) is 12.1. The van der Waals surface area contributed by atoms with E-state index in [1.54, 1.807) is 24.3 Å². The number of amides is 1. The third-order valence-corrected chi connectivity index (χ3v) is 5.82. The second-order valence-corrected chi connectivity index (χ2v) is 9.49. The van der Waals surface area contributed by atoms with Crippen molar-refractivity contribution in [1.82, 2.24) is 0 Å². The van der Waals surface area contributed by atoms with E-state index in [-0.39, 0.29) is 11.5 Å². The average Bonchev–Trinajstić information content (AvgIpc) is 2.79. The van der Waals surface area contributed by atoms with Gasteiger partial charge in [-0.05, 0) is 54.8 Å². The average molecular weight is 490 g/mol. The predicted octanol–water partition coefficient (Wildman–Crippen LogP) is 6.98. The summed E-state index contributed by atoms with van der Waals surface area (Å²) < 4.78 is 39.9. The molecule has 0 aromatic heterocycles. The molecule has 0 spiro atoms.